The van der Waals surface area contributed by atoms with Gasteiger partial charge in [0.15, 0.2) is 11.5 Å². The van der Waals surface area contributed by atoms with Gasteiger partial charge in [-0.1, -0.05) is 0 Å². The number of ether oxygens (including phenoxy) is 3. The lowest BCUT2D eigenvalue weighted by molar-refractivity contribution is 0.0498. The molecule has 1 aromatic carbocycles. The summed E-state index contributed by atoms with van der Waals surface area (Å²) < 4.78 is 15.1. The summed E-state index contributed by atoms with van der Waals surface area (Å²) in [5, 5.41) is 19.9. The average Bonchev–Trinajstić information content (AvgIpc) is 2.50. The maximum atomic E-state index is 12.0. The van der Waals surface area contributed by atoms with Crippen LogP contribution in [0.1, 0.15) is 30.1 Å². The van der Waals surface area contributed by atoms with Crippen LogP contribution in [0, 0.1) is 5.41 Å². The molecule has 1 rings (SSSR count). The predicted molar refractivity (Wildman–Crippen MR) is 82.1 cm³/mol. The van der Waals surface area contributed by atoms with E-state index in [0.29, 0.717) is 18.8 Å². The Morgan fingerprint density at radius 1 is 1.23 bits per heavy atom. The molecule has 22 heavy (non-hydrogen) atoms. The first kappa shape index (κ1) is 17.6. The summed E-state index contributed by atoms with van der Waals surface area (Å²) in [5.74, 6) is 0.0524. The van der Waals surface area contributed by atoms with Crippen molar-refractivity contribution in [3.8, 4) is 17.2 Å². The summed E-state index contributed by atoms with van der Waals surface area (Å²) in [6.45, 7) is 2.63. The van der Waals surface area contributed by atoms with E-state index < -0.39 is 5.97 Å². The third-order valence-electron chi connectivity index (χ3n) is 2.91. The van der Waals surface area contributed by atoms with Gasteiger partial charge in [0.25, 0.3) is 0 Å². The lowest BCUT2D eigenvalue weighted by atomic mass is 10.2. The largest absolute Gasteiger partial charge is 0.502 e. The van der Waals surface area contributed by atoms with Crippen molar-refractivity contribution in [2.45, 2.75) is 19.8 Å². The Balaban J connectivity index is 2.53. The Kier molecular flexibility index (Phi) is 7.01. The number of hydrogen-bond acceptors (Lipinski definition) is 6. The molecular weight excluding hydrogens is 288 g/mol. The van der Waals surface area contributed by atoms with Crippen LogP contribution >= 0.6 is 0 Å². The summed E-state index contributed by atoms with van der Waals surface area (Å²) in [4.78, 5) is 12.0. The van der Waals surface area contributed by atoms with E-state index in [4.69, 9.17) is 19.6 Å². The average molecular weight is 310 g/mol. The number of esters is 1. The third kappa shape index (κ3) is 5.16. The van der Waals surface area contributed by atoms with Crippen LogP contribution in [-0.4, -0.2) is 44.3 Å². The van der Waals surface area contributed by atoms with Crippen LogP contribution in [0.5, 0.6) is 17.2 Å². The summed E-state index contributed by atoms with van der Waals surface area (Å²) in [5.41, 5.74) is 0.250. The molecule has 0 aliphatic rings. The van der Waals surface area contributed by atoms with Crippen LogP contribution < -0.4 is 14.8 Å². The summed E-state index contributed by atoms with van der Waals surface area (Å²) in [7, 11) is 2.78. The fourth-order valence-corrected chi connectivity index (χ4v) is 1.76. The number of carbonyl (C=O) groups is 1. The van der Waals surface area contributed by atoms with Gasteiger partial charge in [0, 0.05) is 6.54 Å². The van der Waals surface area contributed by atoms with Crippen LogP contribution in [0.4, 0.5) is 0 Å². The van der Waals surface area contributed by atoms with Crippen molar-refractivity contribution >= 4 is 11.8 Å². The molecule has 0 spiro atoms. The number of hydrogen-bond donors (Lipinski definition) is 3. The maximum Gasteiger partial charge on any atom is 0.338 e. The second-order valence-corrected chi connectivity index (χ2v) is 4.62. The minimum atomic E-state index is -0.507. The molecule has 122 valence electrons. The minimum Gasteiger partial charge on any atom is -0.502 e. The highest BCUT2D eigenvalue weighted by Crippen LogP contribution is 2.37. The highest BCUT2D eigenvalue weighted by Gasteiger charge is 2.16. The minimum absolute atomic E-state index is 0.150. The molecule has 7 heteroatoms. The number of methoxy groups -OCH3 is 2. The Labute approximate surface area is 129 Å². The smallest absolute Gasteiger partial charge is 0.338 e. The van der Waals surface area contributed by atoms with Gasteiger partial charge in [0.2, 0.25) is 5.75 Å². The number of carbonyl (C=O) groups excluding carboxylic acids is 1. The van der Waals surface area contributed by atoms with Crippen LogP contribution in [-0.2, 0) is 4.74 Å². The highest BCUT2D eigenvalue weighted by molar-refractivity contribution is 5.91. The summed E-state index contributed by atoms with van der Waals surface area (Å²) in [6.07, 6.45) is 1.49. The van der Waals surface area contributed by atoms with E-state index in [0.717, 1.165) is 6.42 Å². The molecule has 0 radical (unpaired) electrons. The molecule has 0 bridgehead atoms. The van der Waals surface area contributed by atoms with E-state index in [9.17, 15) is 9.90 Å². The zero-order chi connectivity index (χ0) is 16.5. The first-order chi connectivity index (χ1) is 10.5. The number of phenolic OH excluding ortho intramolecular Hbond substituents is 1. The normalized spacial score (nSPS) is 9.95. The molecule has 0 heterocycles. The summed E-state index contributed by atoms with van der Waals surface area (Å²) >= 11 is 0. The van der Waals surface area contributed by atoms with Crippen LogP contribution in [0.25, 0.3) is 0 Å². The van der Waals surface area contributed by atoms with Gasteiger partial charge in [-0.05, 0) is 31.9 Å². The van der Waals surface area contributed by atoms with Crippen LogP contribution in [0.2, 0.25) is 0 Å². The van der Waals surface area contributed by atoms with Crippen molar-refractivity contribution in [3.63, 3.8) is 0 Å². The van der Waals surface area contributed by atoms with Gasteiger partial charge in [0.05, 0.1) is 32.2 Å². The second kappa shape index (κ2) is 8.76. The Bertz CT molecular complexity index is 506. The van der Waals surface area contributed by atoms with E-state index in [1.165, 1.54) is 26.4 Å². The summed E-state index contributed by atoms with van der Waals surface area (Å²) in [6, 6.07) is 2.81. The number of rotatable bonds is 8. The zero-order valence-electron chi connectivity index (χ0n) is 13.1. The third-order valence-corrected chi connectivity index (χ3v) is 2.91. The first-order valence-corrected chi connectivity index (χ1v) is 6.90. The van der Waals surface area contributed by atoms with E-state index in [2.05, 4.69) is 5.32 Å². The Morgan fingerprint density at radius 2 is 1.82 bits per heavy atom. The van der Waals surface area contributed by atoms with E-state index in [1.807, 2.05) is 0 Å². The molecule has 0 aromatic heterocycles. The molecule has 0 saturated heterocycles. The zero-order valence-corrected chi connectivity index (χ0v) is 13.1. The Morgan fingerprint density at radius 3 is 2.32 bits per heavy atom. The molecule has 0 aliphatic heterocycles. The van der Waals surface area contributed by atoms with Gasteiger partial charge in [-0.3, -0.25) is 5.41 Å². The fourth-order valence-electron chi connectivity index (χ4n) is 1.76. The van der Waals surface area contributed by atoms with Crippen molar-refractivity contribution in [3.05, 3.63) is 17.7 Å². The van der Waals surface area contributed by atoms with Gasteiger partial charge in [0.1, 0.15) is 0 Å². The number of aromatic hydroxyl groups is 1. The topological polar surface area (TPSA) is 101 Å². The lowest BCUT2D eigenvalue weighted by Crippen LogP contribution is -2.20. The second-order valence-electron chi connectivity index (χ2n) is 4.62. The number of benzene rings is 1. The van der Waals surface area contributed by atoms with Crippen molar-refractivity contribution in [1.82, 2.24) is 5.32 Å². The maximum absolute atomic E-state index is 12.0. The highest BCUT2D eigenvalue weighted by atomic mass is 16.5. The van der Waals surface area contributed by atoms with Crippen molar-refractivity contribution < 1.29 is 24.1 Å². The number of amidine groups is 1. The molecule has 3 N–H and O–H groups in total. The molecule has 0 fully saturated rings. The van der Waals surface area contributed by atoms with Crippen LogP contribution in [0.15, 0.2) is 12.1 Å². The predicted octanol–water partition coefficient (Wildman–Crippen LogP) is 1.93. The quantitative estimate of drug-likeness (QED) is 0.293. The standard InChI is InChI=1S/C15H22N2O5/c1-10(16)17-6-4-5-7-22-15(19)11-8-12(20-2)14(18)13(9-11)21-3/h8-9,18H,4-7H2,1-3H3,(H2,16,17). The van der Waals surface area contributed by atoms with Gasteiger partial charge in [-0.2, -0.15) is 0 Å². The number of nitrogens with one attached hydrogen (secondary N) is 2. The number of unbranched alkanes of at least 4 members (excludes halogenated alkanes) is 1. The molecule has 0 atom stereocenters. The molecule has 0 saturated carbocycles. The van der Waals surface area contributed by atoms with Crippen molar-refractivity contribution in [2.24, 2.45) is 0 Å². The van der Waals surface area contributed by atoms with Gasteiger partial charge in [-0.15, -0.1) is 0 Å². The van der Waals surface area contributed by atoms with Gasteiger partial charge >= 0.3 is 5.97 Å². The molecule has 0 aliphatic carbocycles. The van der Waals surface area contributed by atoms with E-state index >= 15 is 0 Å². The van der Waals surface area contributed by atoms with E-state index in [1.54, 1.807) is 6.92 Å². The Hall–Kier alpha value is -2.44. The lowest BCUT2D eigenvalue weighted by Gasteiger charge is -2.11. The molecule has 1 aromatic rings. The van der Waals surface area contributed by atoms with Crippen molar-refractivity contribution in [2.75, 3.05) is 27.4 Å². The fraction of sp³-hybridized carbons (Fsp3) is 0.467. The van der Waals surface area contributed by atoms with Crippen molar-refractivity contribution in [1.29, 1.82) is 5.41 Å². The van der Waals surface area contributed by atoms with Crippen LogP contribution in [0.3, 0.4) is 0 Å². The molecule has 7 nitrogen and oxygen atoms in total. The number of phenols is 1. The molecular formula is C15H22N2O5. The molecule has 0 unspecified atom stereocenters. The van der Waals surface area contributed by atoms with Gasteiger partial charge < -0.3 is 24.6 Å². The molecule has 0 amide bonds. The SMILES string of the molecule is COc1cc(C(=O)OCCCCNC(C)=N)cc(OC)c1O. The van der Waals surface area contributed by atoms with Gasteiger partial charge in [-0.25, -0.2) is 4.79 Å². The monoisotopic (exact) mass is 310 g/mol. The van der Waals surface area contributed by atoms with E-state index in [-0.39, 0.29) is 29.4 Å². The first-order valence-electron chi connectivity index (χ1n) is 6.90.